The molecule has 5 rings (SSSR count). The monoisotopic (exact) mass is 456 g/mol. The molecule has 0 radical (unpaired) electrons. The SMILES string of the molecule is Cc1ccc(-c2cnc3c(Nc4ccc(C(=O)NCC5CNCCO5)c(C)c4)nccn23)cc1. The smallest absolute Gasteiger partial charge is 0.251 e. The molecule has 1 amide bonds. The van der Waals surface area contributed by atoms with Crippen LogP contribution in [0.3, 0.4) is 0 Å². The molecule has 174 valence electrons. The Bertz CT molecular complexity index is 1310. The molecule has 2 aromatic heterocycles. The Kier molecular flexibility index (Phi) is 6.24. The van der Waals surface area contributed by atoms with Crippen LogP contribution >= 0.6 is 0 Å². The van der Waals surface area contributed by atoms with Gasteiger partial charge in [-0.25, -0.2) is 9.97 Å². The molecule has 0 bridgehead atoms. The van der Waals surface area contributed by atoms with Gasteiger partial charge in [-0.2, -0.15) is 0 Å². The van der Waals surface area contributed by atoms with E-state index >= 15 is 0 Å². The number of morpholine rings is 1. The second kappa shape index (κ2) is 9.62. The highest BCUT2D eigenvalue weighted by molar-refractivity contribution is 5.96. The first-order valence-electron chi connectivity index (χ1n) is 11.5. The van der Waals surface area contributed by atoms with Gasteiger partial charge in [-0.15, -0.1) is 0 Å². The minimum absolute atomic E-state index is 0.00450. The summed E-state index contributed by atoms with van der Waals surface area (Å²) in [5.74, 6) is 0.550. The van der Waals surface area contributed by atoms with Crippen LogP contribution in [-0.2, 0) is 4.74 Å². The predicted octanol–water partition coefficient (Wildman–Crippen LogP) is 3.47. The number of hydrogen-bond acceptors (Lipinski definition) is 6. The van der Waals surface area contributed by atoms with E-state index in [2.05, 4.69) is 57.1 Å². The van der Waals surface area contributed by atoms with E-state index in [-0.39, 0.29) is 12.0 Å². The number of fused-ring (bicyclic) bond motifs is 1. The van der Waals surface area contributed by atoms with Gasteiger partial charge in [-0.1, -0.05) is 29.8 Å². The summed E-state index contributed by atoms with van der Waals surface area (Å²) in [7, 11) is 0. The molecule has 8 nitrogen and oxygen atoms in total. The number of anilines is 2. The van der Waals surface area contributed by atoms with Crippen molar-refractivity contribution in [1.29, 1.82) is 0 Å². The minimum atomic E-state index is -0.102. The number of carbonyl (C=O) groups excluding carboxylic acids is 1. The van der Waals surface area contributed by atoms with E-state index in [1.165, 1.54) is 5.56 Å². The number of hydrogen-bond donors (Lipinski definition) is 3. The third-order valence-electron chi connectivity index (χ3n) is 6.00. The highest BCUT2D eigenvalue weighted by Gasteiger charge is 2.16. The van der Waals surface area contributed by atoms with Crippen molar-refractivity contribution in [3.05, 3.63) is 77.7 Å². The van der Waals surface area contributed by atoms with Crippen LogP contribution in [0.1, 0.15) is 21.5 Å². The maximum atomic E-state index is 12.7. The number of nitrogens with zero attached hydrogens (tertiary/aromatic N) is 3. The van der Waals surface area contributed by atoms with Crippen molar-refractivity contribution in [2.45, 2.75) is 20.0 Å². The molecule has 1 aliphatic heterocycles. The van der Waals surface area contributed by atoms with Gasteiger partial charge in [0.25, 0.3) is 5.91 Å². The zero-order chi connectivity index (χ0) is 23.5. The Labute approximate surface area is 198 Å². The third kappa shape index (κ3) is 4.64. The van der Waals surface area contributed by atoms with Crippen LogP contribution in [0.25, 0.3) is 16.9 Å². The summed E-state index contributed by atoms with van der Waals surface area (Å²) in [4.78, 5) is 21.8. The molecule has 1 atom stereocenters. The second-order valence-corrected chi connectivity index (χ2v) is 8.54. The quantitative estimate of drug-likeness (QED) is 0.411. The topological polar surface area (TPSA) is 92.6 Å². The molecule has 0 spiro atoms. The number of rotatable bonds is 6. The molecule has 1 aliphatic rings. The van der Waals surface area contributed by atoms with E-state index < -0.39 is 0 Å². The number of ether oxygens (including phenoxy) is 1. The fourth-order valence-electron chi connectivity index (χ4n) is 4.13. The predicted molar refractivity (Wildman–Crippen MR) is 133 cm³/mol. The van der Waals surface area contributed by atoms with Crippen molar-refractivity contribution < 1.29 is 9.53 Å². The van der Waals surface area contributed by atoms with Crippen LogP contribution in [-0.4, -0.2) is 52.6 Å². The van der Waals surface area contributed by atoms with Gasteiger partial charge in [0.15, 0.2) is 11.5 Å². The van der Waals surface area contributed by atoms with Crippen LogP contribution in [0.2, 0.25) is 0 Å². The number of amides is 1. The summed E-state index contributed by atoms with van der Waals surface area (Å²) in [5.41, 5.74) is 6.40. The van der Waals surface area contributed by atoms with Gasteiger partial charge < -0.3 is 20.7 Å². The fourth-order valence-corrected chi connectivity index (χ4v) is 4.13. The van der Waals surface area contributed by atoms with E-state index in [9.17, 15) is 4.79 Å². The van der Waals surface area contributed by atoms with E-state index in [4.69, 9.17) is 4.74 Å². The van der Waals surface area contributed by atoms with Gasteiger partial charge in [-0.3, -0.25) is 9.20 Å². The van der Waals surface area contributed by atoms with Gasteiger partial charge in [0.05, 0.1) is 24.6 Å². The van der Waals surface area contributed by atoms with Crippen molar-refractivity contribution in [1.82, 2.24) is 25.0 Å². The van der Waals surface area contributed by atoms with E-state index in [1.807, 2.05) is 41.9 Å². The lowest BCUT2D eigenvalue weighted by Crippen LogP contribution is -2.45. The Morgan fingerprint density at radius 1 is 1.18 bits per heavy atom. The Hall–Kier alpha value is -3.75. The van der Waals surface area contributed by atoms with Gasteiger partial charge >= 0.3 is 0 Å². The highest BCUT2D eigenvalue weighted by atomic mass is 16.5. The molecule has 1 saturated heterocycles. The molecule has 3 heterocycles. The number of nitrogens with one attached hydrogen (secondary N) is 3. The molecular weight excluding hydrogens is 428 g/mol. The lowest BCUT2D eigenvalue weighted by atomic mass is 10.1. The van der Waals surface area contributed by atoms with Crippen LogP contribution < -0.4 is 16.0 Å². The van der Waals surface area contributed by atoms with Gasteiger partial charge in [-0.05, 0) is 37.6 Å². The first kappa shape index (κ1) is 22.1. The normalized spacial score (nSPS) is 15.9. The zero-order valence-electron chi connectivity index (χ0n) is 19.3. The maximum Gasteiger partial charge on any atom is 0.251 e. The number of aryl methyl sites for hydroxylation is 2. The number of imidazole rings is 1. The lowest BCUT2D eigenvalue weighted by Gasteiger charge is -2.23. The summed E-state index contributed by atoms with van der Waals surface area (Å²) >= 11 is 0. The summed E-state index contributed by atoms with van der Waals surface area (Å²) in [6.07, 6.45) is 5.53. The lowest BCUT2D eigenvalue weighted by molar-refractivity contribution is 0.0287. The largest absolute Gasteiger partial charge is 0.374 e. The third-order valence-corrected chi connectivity index (χ3v) is 6.00. The fraction of sp³-hybridized carbons (Fsp3) is 0.269. The average molecular weight is 457 g/mol. The molecule has 1 fully saturated rings. The summed E-state index contributed by atoms with van der Waals surface area (Å²) in [5, 5.41) is 9.60. The van der Waals surface area contributed by atoms with Crippen LogP contribution in [0, 0.1) is 13.8 Å². The van der Waals surface area contributed by atoms with Crippen molar-refractivity contribution in [2.75, 3.05) is 31.6 Å². The molecular formula is C26H28N6O2. The first-order valence-corrected chi connectivity index (χ1v) is 11.5. The minimum Gasteiger partial charge on any atom is -0.374 e. The van der Waals surface area contributed by atoms with Gasteiger partial charge in [0, 0.05) is 48.8 Å². The van der Waals surface area contributed by atoms with Gasteiger partial charge in [0.2, 0.25) is 0 Å². The second-order valence-electron chi connectivity index (χ2n) is 8.54. The van der Waals surface area contributed by atoms with Crippen molar-refractivity contribution in [3.63, 3.8) is 0 Å². The van der Waals surface area contributed by atoms with Crippen molar-refractivity contribution >= 4 is 23.1 Å². The number of benzene rings is 2. The highest BCUT2D eigenvalue weighted by Crippen LogP contribution is 2.26. The van der Waals surface area contributed by atoms with Crippen molar-refractivity contribution in [3.8, 4) is 11.3 Å². The molecule has 34 heavy (non-hydrogen) atoms. The summed E-state index contributed by atoms with van der Waals surface area (Å²) < 4.78 is 7.67. The van der Waals surface area contributed by atoms with Crippen LogP contribution in [0.4, 0.5) is 11.5 Å². The van der Waals surface area contributed by atoms with Gasteiger partial charge in [0.1, 0.15) is 0 Å². The van der Waals surface area contributed by atoms with E-state index in [0.717, 1.165) is 41.2 Å². The zero-order valence-corrected chi connectivity index (χ0v) is 19.3. The number of carbonyl (C=O) groups is 1. The Balaban J connectivity index is 1.32. The molecule has 2 aromatic carbocycles. The molecule has 1 unspecified atom stereocenters. The molecule has 0 aliphatic carbocycles. The molecule has 3 N–H and O–H groups in total. The standard InChI is InChI=1S/C26H28N6O2/c1-17-3-5-19(6-4-17)23-16-29-25-24(28-9-11-32(23)25)31-20-7-8-22(18(2)13-20)26(33)30-15-21-14-27-10-12-34-21/h3-9,11,13,16,21,27H,10,12,14-15H2,1-2H3,(H,28,31)(H,30,33). The maximum absolute atomic E-state index is 12.7. The molecule has 0 saturated carbocycles. The molecule has 4 aromatic rings. The van der Waals surface area contributed by atoms with E-state index in [0.29, 0.717) is 24.5 Å². The Morgan fingerprint density at radius 3 is 2.79 bits per heavy atom. The Morgan fingerprint density at radius 2 is 2.03 bits per heavy atom. The number of aromatic nitrogens is 3. The van der Waals surface area contributed by atoms with Crippen molar-refractivity contribution in [2.24, 2.45) is 0 Å². The summed E-state index contributed by atoms with van der Waals surface area (Å²) in [6, 6.07) is 14.0. The summed E-state index contributed by atoms with van der Waals surface area (Å²) in [6.45, 7) is 6.76. The van der Waals surface area contributed by atoms with Crippen LogP contribution in [0.15, 0.2) is 61.1 Å². The first-order chi connectivity index (χ1) is 16.6. The van der Waals surface area contributed by atoms with E-state index in [1.54, 1.807) is 6.20 Å². The molecule has 8 heteroatoms. The van der Waals surface area contributed by atoms with Crippen LogP contribution in [0.5, 0.6) is 0 Å². The average Bonchev–Trinajstić information content (AvgIpc) is 3.29.